The maximum atomic E-state index is 13.0. The van der Waals surface area contributed by atoms with Gasteiger partial charge in [0.2, 0.25) is 0 Å². The first-order chi connectivity index (χ1) is 7.07. The Morgan fingerprint density at radius 2 is 2.20 bits per heavy atom. The number of anilines is 2. The molecule has 0 aliphatic rings. The second-order valence-corrected chi connectivity index (χ2v) is 2.84. The first-order valence-electron chi connectivity index (χ1n) is 4.24. The molecule has 1 aromatic rings. The van der Waals surface area contributed by atoms with Crippen LogP contribution in [0.5, 0.6) is 0 Å². The molecule has 0 fully saturated rings. The lowest BCUT2D eigenvalue weighted by Crippen LogP contribution is -2.13. The van der Waals surface area contributed by atoms with Gasteiger partial charge in [0.1, 0.15) is 11.4 Å². The number of carboxylic acids is 1. The lowest BCUT2D eigenvalue weighted by Gasteiger charge is -2.10. The molecule has 82 valence electrons. The fourth-order valence-electron chi connectivity index (χ4n) is 1.16. The summed E-state index contributed by atoms with van der Waals surface area (Å²) in [7, 11) is 0. The number of carboxylic acid groups (broad SMARTS) is 1. The van der Waals surface area contributed by atoms with Crippen molar-refractivity contribution in [3.05, 3.63) is 23.5 Å². The van der Waals surface area contributed by atoms with Gasteiger partial charge in [0.15, 0.2) is 0 Å². The predicted molar refractivity (Wildman–Crippen MR) is 53.3 cm³/mol. The number of aromatic carboxylic acids is 1. The van der Waals surface area contributed by atoms with Gasteiger partial charge in [-0.3, -0.25) is 0 Å². The molecule has 15 heavy (non-hydrogen) atoms. The fraction of sp³-hybridized carbons (Fsp3) is 0.222. The van der Waals surface area contributed by atoms with Crippen LogP contribution >= 0.6 is 0 Å². The van der Waals surface area contributed by atoms with Crippen LogP contribution < -0.4 is 11.1 Å². The van der Waals surface area contributed by atoms with Crippen molar-refractivity contribution in [3.8, 4) is 0 Å². The van der Waals surface area contributed by atoms with Crippen molar-refractivity contribution in [3.63, 3.8) is 0 Å². The monoisotopic (exact) mass is 214 g/mol. The highest BCUT2D eigenvalue weighted by atomic mass is 19.1. The van der Waals surface area contributed by atoms with Crippen LogP contribution in [-0.4, -0.2) is 29.3 Å². The van der Waals surface area contributed by atoms with Gasteiger partial charge in [-0.25, -0.2) is 9.18 Å². The Labute approximate surface area is 85.3 Å². The highest BCUT2D eigenvalue weighted by Gasteiger charge is 2.16. The first-order valence-corrected chi connectivity index (χ1v) is 4.24. The zero-order valence-corrected chi connectivity index (χ0v) is 7.83. The summed E-state index contributed by atoms with van der Waals surface area (Å²) in [5.41, 5.74) is 4.76. The number of benzene rings is 1. The molecule has 0 atom stereocenters. The topological polar surface area (TPSA) is 95.6 Å². The van der Waals surface area contributed by atoms with Crippen LogP contribution in [0.3, 0.4) is 0 Å². The van der Waals surface area contributed by atoms with Crippen molar-refractivity contribution in [2.45, 2.75) is 0 Å². The van der Waals surface area contributed by atoms with E-state index in [2.05, 4.69) is 5.32 Å². The van der Waals surface area contributed by atoms with Crippen LogP contribution in [-0.2, 0) is 0 Å². The van der Waals surface area contributed by atoms with E-state index in [1.54, 1.807) is 0 Å². The Bertz CT molecular complexity index is 382. The van der Waals surface area contributed by atoms with Crippen LogP contribution in [0.2, 0.25) is 0 Å². The van der Waals surface area contributed by atoms with Gasteiger partial charge in [-0.15, -0.1) is 0 Å². The third-order valence-corrected chi connectivity index (χ3v) is 1.83. The summed E-state index contributed by atoms with van der Waals surface area (Å²) in [6, 6.07) is 2.34. The summed E-state index contributed by atoms with van der Waals surface area (Å²) in [5, 5.41) is 20.0. The quantitative estimate of drug-likeness (QED) is 0.548. The van der Waals surface area contributed by atoms with E-state index in [9.17, 15) is 9.18 Å². The van der Waals surface area contributed by atoms with E-state index in [0.717, 1.165) is 6.07 Å². The van der Waals surface area contributed by atoms with E-state index in [1.807, 2.05) is 0 Å². The minimum Gasteiger partial charge on any atom is -0.478 e. The number of hydrogen-bond acceptors (Lipinski definition) is 4. The lowest BCUT2D eigenvalue weighted by atomic mass is 10.1. The van der Waals surface area contributed by atoms with Crippen LogP contribution in [0.1, 0.15) is 10.4 Å². The number of nitrogens with one attached hydrogen (secondary N) is 1. The van der Waals surface area contributed by atoms with Crippen molar-refractivity contribution < 1.29 is 19.4 Å². The average Bonchev–Trinajstić information content (AvgIpc) is 2.19. The molecule has 0 radical (unpaired) electrons. The summed E-state index contributed by atoms with van der Waals surface area (Å²) in [6.45, 7) is 0.0156. The van der Waals surface area contributed by atoms with Crippen LogP contribution in [0.4, 0.5) is 15.8 Å². The van der Waals surface area contributed by atoms with Crippen molar-refractivity contribution in [1.29, 1.82) is 0 Å². The molecule has 0 aromatic heterocycles. The van der Waals surface area contributed by atoms with E-state index in [0.29, 0.717) is 0 Å². The maximum absolute atomic E-state index is 13.0. The van der Waals surface area contributed by atoms with Crippen molar-refractivity contribution in [2.24, 2.45) is 0 Å². The average molecular weight is 214 g/mol. The SMILES string of the molecule is Nc1c(F)ccc(NCCO)c1C(=O)O. The number of aliphatic hydroxyl groups is 1. The Morgan fingerprint density at radius 1 is 1.53 bits per heavy atom. The molecular weight excluding hydrogens is 203 g/mol. The van der Waals surface area contributed by atoms with Crippen molar-refractivity contribution >= 4 is 17.3 Å². The summed E-state index contributed by atoms with van der Waals surface area (Å²) in [5.74, 6) is -2.09. The molecule has 0 saturated carbocycles. The lowest BCUT2D eigenvalue weighted by molar-refractivity contribution is 0.0698. The van der Waals surface area contributed by atoms with Gasteiger partial charge in [-0.1, -0.05) is 0 Å². The number of nitrogens with two attached hydrogens (primary N) is 1. The number of nitrogen functional groups attached to an aromatic ring is 1. The van der Waals surface area contributed by atoms with Gasteiger partial charge in [-0.2, -0.15) is 0 Å². The molecule has 5 nitrogen and oxygen atoms in total. The number of carbonyl (C=O) groups is 1. The molecule has 1 aromatic carbocycles. The largest absolute Gasteiger partial charge is 0.478 e. The zero-order valence-electron chi connectivity index (χ0n) is 7.83. The van der Waals surface area contributed by atoms with Crippen LogP contribution in [0.15, 0.2) is 12.1 Å². The second kappa shape index (κ2) is 4.61. The first kappa shape index (κ1) is 11.3. The molecule has 5 N–H and O–H groups in total. The van der Waals surface area contributed by atoms with Gasteiger partial charge in [0, 0.05) is 6.54 Å². The van der Waals surface area contributed by atoms with E-state index in [4.69, 9.17) is 15.9 Å². The summed E-state index contributed by atoms with van der Waals surface area (Å²) in [4.78, 5) is 10.8. The Balaban J connectivity index is 3.15. The van der Waals surface area contributed by atoms with E-state index >= 15 is 0 Å². The Kier molecular flexibility index (Phi) is 3.46. The second-order valence-electron chi connectivity index (χ2n) is 2.84. The zero-order chi connectivity index (χ0) is 11.4. The molecular formula is C9H11FN2O3. The smallest absolute Gasteiger partial charge is 0.340 e. The van der Waals surface area contributed by atoms with Crippen LogP contribution in [0, 0.1) is 5.82 Å². The number of rotatable bonds is 4. The molecule has 0 spiro atoms. The minimum atomic E-state index is -1.31. The molecule has 0 amide bonds. The van der Waals surface area contributed by atoms with E-state index in [-0.39, 0.29) is 24.4 Å². The Hall–Kier alpha value is -1.82. The van der Waals surface area contributed by atoms with Crippen molar-refractivity contribution in [2.75, 3.05) is 24.2 Å². The molecule has 0 aliphatic carbocycles. The van der Waals surface area contributed by atoms with Gasteiger partial charge in [0.05, 0.1) is 18.0 Å². The summed E-state index contributed by atoms with van der Waals surface area (Å²) >= 11 is 0. The highest BCUT2D eigenvalue weighted by molar-refractivity contribution is 6.00. The summed E-state index contributed by atoms with van der Waals surface area (Å²) < 4.78 is 13.0. The number of hydrogen-bond donors (Lipinski definition) is 4. The summed E-state index contributed by atoms with van der Waals surface area (Å²) in [6.07, 6.45) is 0. The molecule has 6 heteroatoms. The number of aliphatic hydroxyl groups excluding tert-OH is 1. The highest BCUT2D eigenvalue weighted by Crippen LogP contribution is 2.24. The fourth-order valence-corrected chi connectivity index (χ4v) is 1.16. The van der Waals surface area contributed by atoms with E-state index < -0.39 is 17.5 Å². The minimum absolute atomic E-state index is 0.156. The standard InChI is InChI=1S/C9H11FN2O3/c10-5-1-2-6(12-3-4-13)7(8(5)11)9(14)15/h1-2,12-13H,3-4,11H2,(H,14,15). The van der Waals surface area contributed by atoms with Crippen LogP contribution in [0.25, 0.3) is 0 Å². The van der Waals surface area contributed by atoms with Gasteiger partial charge < -0.3 is 21.3 Å². The Morgan fingerprint density at radius 3 is 2.73 bits per heavy atom. The van der Waals surface area contributed by atoms with Crippen molar-refractivity contribution in [1.82, 2.24) is 0 Å². The molecule has 0 saturated heterocycles. The molecule has 0 unspecified atom stereocenters. The molecule has 0 aliphatic heterocycles. The van der Waals surface area contributed by atoms with Gasteiger partial charge >= 0.3 is 5.97 Å². The van der Waals surface area contributed by atoms with Gasteiger partial charge in [0.25, 0.3) is 0 Å². The molecule has 0 bridgehead atoms. The maximum Gasteiger partial charge on any atom is 0.340 e. The van der Waals surface area contributed by atoms with Gasteiger partial charge in [-0.05, 0) is 12.1 Å². The molecule has 1 rings (SSSR count). The normalized spacial score (nSPS) is 10.0. The molecule has 0 heterocycles. The third-order valence-electron chi connectivity index (χ3n) is 1.83. The number of halogens is 1. The third kappa shape index (κ3) is 2.35. The van der Waals surface area contributed by atoms with E-state index in [1.165, 1.54) is 6.07 Å². The predicted octanol–water partition coefficient (Wildman–Crippen LogP) is 0.510.